The van der Waals surface area contributed by atoms with Gasteiger partial charge in [-0.1, -0.05) is 29.5 Å². The van der Waals surface area contributed by atoms with Gasteiger partial charge < -0.3 is 0 Å². The highest BCUT2D eigenvalue weighted by atomic mass is 32.2. The lowest BCUT2D eigenvalue weighted by Crippen LogP contribution is -2.37. The number of hydrogen-bond acceptors (Lipinski definition) is 4. The molecular weight excluding hydrogens is 282 g/mol. The monoisotopic (exact) mass is 299 g/mol. The lowest BCUT2D eigenvalue weighted by Gasteiger charge is -2.15. The third kappa shape index (κ3) is 3.01. The number of benzene rings is 1. The maximum atomic E-state index is 12.4. The lowest BCUT2D eigenvalue weighted by atomic mass is 10.1. The number of nitrogens with one attached hydrogen (secondary N) is 1. The van der Waals surface area contributed by atoms with Crippen LogP contribution in [0.3, 0.4) is 0 Å². The number of thioether (sulfide) groups is 1. The quantitative estimate of drug-likeness (QED) is 0.926. The van der Waals surface area contributed by atoms with Gasteiger partial charge in [0.25, 0.3) is 0 Å². The molecule has 6 heteroatoms. The molecule has 1 fully saturated rings. The van der Waals surface area contributed by atoms with E-state index in [4.69, 9.17) is 0 Å². The highest BCUT2D eigenvalue weighted by molar-refractivity contribution is 8.14. The van der Waals surface area contributed by atoms with E-state index >= 15 is 0 Å². The van der Waals surface area contributed by atoms with Gasteiger partial charge in [0, 0.05) is 5.75 Å². The standard InChI is InChI=1S/C13H17NO3S2/c1-8-6-9(2)12(10(3)7-8)19(16,17)14-11-4-5-18-13(11)15/h6-7,11,14H,4-5H2,1-3H3/t11-/m1/s1. The van der Waals surface area contributed by atoms with Gasteiger partial charge in [-0.3, -0.25) is 4.79 Å². The molecule has 0 saturated carbocycles. The van der Waals surface area contributed by atoms with Gasteiger partial charge in [0.15, 0.2) is 0 Å². The molecule has 0 bridgehead atoms. The van der Waals surface area contributed by atoms with E-state index in [2.05, 4.69) is 4.72 Å². The minimum absolute atomic E-state index is 0.0917. The third-order valence-corrected chi connectivity index (χ3v) is 5.89. The van der Waals surface area contributed by atoms with Crippen LogP contribution in [0.4, 0.5) is 0 Å². The molecule has 0 aliphatic carbocycles. The van der Waals surface area contributed by atoms with E-state index < -0.39 is 16.1 Å². The summed E-state index contributed by atoms with van der Waals surface area (Å²) in [5.74, 6) is 0.678. The van der Waals surface area contributed by atoms with E-state index in [1.165, 1.54) is 11.8 Å². The van der Waals surface area contributed by atoms with Crippen LogP contribution in [0.1, 0.15) is 23.1 Å². The summed E-state index contributed by atoms with van der Waals surface area (Å²) in [4.78, 5) is 11.8. The third-order valence-electron chi connectivity index (χ3n) is 3.11. The van der Waals surface area contributed by atoms with Gasteiger partial charge in [-0.25, -0.2) is 8.42 Å². The molecule has 19 heavy (non-hydrogen) atoms. The van der Waals surface area contributed by atoms with Crippen molar-refractivity contribution in [2.45, 2.75) is 38.1 Å². The van der Waals surface area contributed by atoms with Crippen LogP contribution in [0.25, 0.3) is 0 Å². The number of carbonyl (C=O) groups is 1. The van der Waals surface area contributed by atoms with Crippen LogP contribution in [0.2, 0.25) is 0 Å². The molecule has 0 unspecified atom stereocenters. The number of aryl methyl sites for hydroxylation is 3. The summed E-state index contributed by atoms with van der Waals surface area (Å²) in [6, 6.07) is 3.09. The van der Waals surface area contributed by atoms with Crippen molar-refractivity contribution in [3.05, 3.63) is 28.8 Å². The van der Waals surface area contributed by atoms with Crippen LogP contribution in [0, 0.1) is 20.8 Å². The van der Waals surface area contributed by atoms with Gasteiger partial charge >= 0.3 is 0 Å². The van der Waals surface area contributed by atoms with Crippen LogP contribution in [-0.4, -0.2) is 25.3 Å². The van der Waals surface area contributed by atoms with Crippen molar-refractivity contribution < 1.29 is 13.2 Å². The maximum Gasteiger partial charge on any atom is 0.241 e. The first kappa shape index (κ1) is 14.6. The first-order valence-corrected chi connectivity index (χ1v) is 8.55. The number of sulfonamides is 1. The molecule has 1 aromatic carbocycles. The van der Waals surface area contributed by atoms with Crippen molar-refractivity contribution in [2.75, 3.05) is 5.75 Å². The second-order valence-electron chi connectivity index (χ2n) is 4.86. The van der Waals surface area contributed by atoms with E-state index in [0.29, 0.717) is 28.2 Å². The molecule has 2 rings (SSSR count). The predicted octanol–water partition coefficient (Wildman–Crippen LogP) is 1.92. The average Bonchev–Trinajstić information content (AvgIpc) is 2.61. The zero-order valence-corrected chi connectivity index (χ0v) is 12.8. The van der Waals surface area contributed by atoms with Gasteiger partial charge in [0.05, 0.1) is 10.9 Å². The molecule has 1 aliphatic rings. The first-order chi connectivity index (χ1) is 8.81. The Morgan fingerprint density at radius 3 is 2.26 bits per heavy atom. The zero-order chi connectivity index (χ0) is 14.2. The average molecular weight is 299 g/mol. The Balaban J connectivity index is 2.37. The largest absolute Gasteiger partial charge is 0.285 e. The Hall–Kier alpha value is -0.850. The lowest BCUT2D eigenvalue weighted by molar-refractivity contribution is -0.111. The molecule has 1 heterocycles. The smallest absolute Gasteiger partial charge is 0.241 e. The second kappa shape index (κ2) is 5.26. The van der Waals surface area contributed by atoms with Crippen molar-refractivity contribution in [2.24, 2.45) is 0 Å². The Morgan fingerprint density at radius 1 is 1.21 bits per heavy atom. The Labute approximate surface area is 118 Å². The van der Waals surface area contributed by atoms with Gasteiger partial charge in [0.1, 0.15) is 0 Å². The van der Waals surface area contributed by atoms with Crippen LogP contribution >= 0.6 is 11.8 Å². The Bertz CT molecular complexity index is 600. The minimum atomic E-state index is -3.64. The summed E-state index contributed by atoms with van der Waals surface area (Å²) in [6.45, 7) is 5.49. The maximum absolute atomic E-state index is 12.4. The highest BCUT2D eigenvalue weighted by Crippen LogP contribution is 2.25. The van der Waals surface area contributed by atoms with E-state index in [0.717, 1.165) is 5.56 Å². The fourth-order valence-electron chi connectivity index (χ4n) is 2.44. The van der Waals surface area contributed by atoms with Crippen LogP contribution in [0.15, 0.2) is 17.0 Å². The summed E-state index contributed by atoms with van der Waals surface area (Å²) < 4.78 is 27.4. The SMILES string of the molecule is Cc1cc(C)c(S(=O)(=O)N[C@@H]2CCSC2=O)c(C)c1. The van der Waals surface area contributed by atoms with E-state index in [9.17, 15) is 13.2 Å². The molecule has 1 saturated heterocycles. The molecule has 104 valence electrons. The van der Waals surface area contributed by atoms with Crippen molar-refractivity contribution in [3.63, 3.8) is 0 Å². The fourth-order valence-corrected chi connectivity index (χ4v) is 5.13. The molecule has 1 N–H and O–H groups in total. The topological polar surface area (TPSA) is 63.2 Å². The zero-order valence-electron chi connectivity index (χ0n) is 11.2. The van der Waals surface area contributed by atoms with Gasteiger partial charge in [-0.2, -0.15) is 4.72 Å². The van der Waals surface area contributed by atoms with Gasteiger partial charge in [-0.05, 0) is 38.3 Å². The summed E-state index contributed by atoms with van der Waals surface area (Å²) in [7, 11) is -3.64. The number of rotatable bonds is 3. The van der Waals surface area contributed by atoms with Crippen molar-refractivity contribution in [1.82, 2.24) is 4.72 Å². The van der Waals surface area contributed by atoms with Crippen LogP contribution in [-0.2, 0) is 14.8 Å². The number of carbonyl (C=O) groups excluding carboxylic acids is 1. The number of hydrogen-bond donors (Lipinski definition) is 1. The normalized spacial score (nSPS) is 19.9. The molecule has 1 aliphatic heterocycles. The van der Waals surface area contributed by atoms with Gasteiger partial charge in [-0.15, -0.1) is 0 Å². The summed E-state index contributed by atoms with van der Waals surface area (Å²) in [5, 5.41) is -0.0917. The summed E-state index contributed by atoms with van der Waals surface area (Å²) >= 11 is 1.19. The van der Waals surface area contributed by atoms with Gasteiger partial charge in [0.2, 0.25) is 15.1 Å². The molecule has 0 spiro atoms. The summed E-state index contributed by atoms with van der Waals surface area (Å²) in [5.41, 5.74) is 2.45. The fraction of sp³-hybridized carbons (Fsp3) is 0.462. The predicted molar refractivity (Wildman–Crippen MR) is 76.8 cm³/mol. The van der Waals surface area contributed by atoms with E-state index in [1.54, 1.807) is 13.8 Å². The van der Waals surface area contributed by atoms with E-state index in [1.807, 2.05) is 19.1 Å². The second-order valence-corrected chi connectivity index (χ2v) is 7.61. The Morgan fingerprint density at radius 2 is 1.79 bits per heavy atom. The summed E-state index contributed by atoms with van der Waals surface area (Å²) in [6.07, 6.45) is 0.562. The molecule has 0 aromatic heterocycles. The first-order valence-electron chi connectivity index (χ1n) is 6.08. The molecule has 1 atom stereocenters. The van der Waals surface area contributed by atoms with Crippen molar-refractivity contribution in [1.29, 1.82) is 0 Å². The molecule has 0 amide bonds. The highest BCUT2D eigenvalue weighted by Gasteiger charge is 2.31. The molecular formula is C13H17NO3S2. The van der Waals surface area contributed by atoms with Crippen LogP contribution < -0.4 is 4.72 Å². The molecule has 0 radical (unpaired) electrons. The Kier molecular flexibility index (Phi) is 4.03. The van der Waals surface area contributed by atoms with E-state index in [-0.39, 0.29) is 5.12 Å². The van der Waals surface area contributed by atoms with Crippen molar-refractivity contribution >= 4 is 26.9 Å². The molecule has 1 aromatic rings. The van der Waals surface area contributed by atoms with Crippen molar-refractivity contribution in [3.8, 4) is 0 Å². The molecule has 4 nitrogen and oxygen atoms in total. The van der Waals surface area contributed by atoms with Crippen LogP contribution in [0.5, 0.6) is 0 Å². The minimum Gasteiger partial charge on any atom is -0.285 e.